The molecule has 0 spiro atoms. The zero-order valence-corrected chi connectivity index (χ0v) is 16.9. The lowest BCUT2D eigenvalue weighted by atomic mass is 9.69. The van der Waals surface area contributed by atoms with Gasteiger partial charge in [-0.15, -0.1) is 0 Å². The maximum Gasteiger partial charge on any atom is 0.316 e. The second kappa shape index (κ2) is 8.64. The Morgan fingerprint density at radius 3 is 2.48 bits per heavy atom. The highest BCUT2D eigenvalue weighted by Gasteiger charge is 2.42. The molecule has 0 amide bonds. The Bertz CT molecular complexity index is 975. The van der Waals surface area contributed by atoms with Crippen LogP contribution in [0.4, 0.5) is 0 Å². The van der Waals surface area contributed by atoms with Crippen molar-refractivity contribution in [3.05, 3.63) is 71.9 Å². The molecule has 0 atom stereocenters. The lowest BCUT2D eigenvalue weighted by Crippen LogP contribution is -2.39. The fourth-order valence-corrected chi connectivity index (χ4v) is 4.25. The minimum atomic E-state index is -0.507. The summed E-state index contributed by atoms with van der Waals surface area (Å²) < 4.78 is 11.4. The van der Waals surface area contributed by atoms with E-state index in [4.69, 9.17) is 9.47 Å². The van der Waals surface area contributed by atoms with E-state index in [2.05, 4.69) is 17.1 Å². The molecule has 0 N–H and O–H groups in total. The summed E-state index contributed by atoms with van der Waals surface area (Å²) in [4.78, 5) is 17.4. The van der Waals surface area contributed by atoms with Gasteiger partial charge in [-0.25, -0.2) is 4.98 Å². The van der Waals surface area contributed by atoms with E-state index in [1.54, 1.807) is 0 Å². The molecule has 150 valence electrons. The summed E-state index contributed by atoms with van der Waals surface area (Å²) in [5.41, 5.74) is 2.39. The smallest absolute Gasteiger partial charge is 0.316 e. The van der Waals surface area contributed by atoms with Crippen LogP contribution in [-0.4, -0.2) is 17.6 Å². The van der Waals surface area contributed by atoms with Crippen molar-refractivity contribution >= 4 is 16.9 Å². The molecule has 1 heterocycles. The van der Waals surface area contributed by atoms with Crippen molar-refractivity contribution < 1.29 is 14.3 Å². The molecule has 0 radical (unpaired) electrons. The van der Waals surface area contributed by atoms with E-state index >= 15 is 0 Å². The molecule has 1 fully saturated rings. The first kappa shape index (κ1) is 19.4. The molecule has 2 aromatic carbocycles. The van der Waals surface area contributed by atoms with Crippen LogP contribution in [-0.2, 0) is 21.6 Å². The molecule has 1 aliphatic rings. The van der Waals surface area contributed by atoms with E-state index < -0.39 is 5.41 Å². The fraction of sp³-hybridized carbons (Fsp3) is 0.360. The van der Waals surface area contributed by atoms with Gasteiger partial charge in [0.2, 0.25) is 0 Å². The predicted octanol–water partition coefficient (Wildman–Crippen LogP) is 5.58. The van der Waals surface area contributed by atoms with Gasteiger partial charge in [-0.3, -0.25) is 4.79 Å². The summed E-state index contributed by atoms with van der Waals surface area (Å²) in [6.07, 6.45) is 5.01. The Morgan fingerprint density at radius 1 is 0.966 bits per heavy atom. The van der Waals surface area contributed by atoms with Gasteiger partial charge in [-0.1, -0.05) is 55.7 Å². The van der Waals surface area contributed by atoms with E-state index in [-0.39, 0.29) is 5.97 Å². The first-order valence-electron chi connectivity index (χ1n) is 10.5. The van der Waals surface area contributed by atoms with Crippen molar-refractivity contribution in [2.24, 2.45) is 0 Å². The van der Waals surface area contributed by atoms with Crippen LogP contribution in [0.15, 0.2) is 60.7 Å². The van der Waals surface area contributed by atoms with Crippen LogP contribution in [0.1, 0.15) is 50.3 Å². The van der Waals surface area contributed by atoms with Crippen molar-refractivity contribution in [1.82, 2.24) is 4.98 Å². The maximum absolute atomic E-state index is 12.8. The summed E-state index contributed by atoms with van der Waals surface area (Å²) in [5, 5.41) is 1.12. The van der Waals surface area contributed by atoms with Crippen LogP contribution in [0.2, 0.25) is 0 Å². The molecule has 4 heteroatoms. The summed E-state index contributed by atoms with van der Waals surface area (Å²) >= 11 is 0. The normalized spacial score (nSPS) is 15.8. The van der Waals surface area contributed by atoms with E-state index in [1.165, 1.54) is 6.42 Å². The summed E-state index contributed by atoms with van der Waals surface area (Å²) in [5.74, 6) is 0.687. The number of para-hydroxylation sites is 1. The lowest BCUT2D eigenvalue weighted by Gasteiger charge is -2.35. The Labute approximate surface area is 171 Å². The van der Waals surface area contributed by atoms with Crippen molar-refractivity contribution in [3.63, 3.8) is 0 Å². The molecule has 0 saturated heterocycles. The van der Waals surface area contributed by atoms with Crippen molar-refractivity contribution in [2.75, 3.05) is 6.61 Å². The number of pyridine rings is 1. The molecule has 0 unspecified atom stereocenters. The molecule has 29 heavy (non-hydrogen) atoms. The zero-order chi connectivity index (χ0) is 20.1. The maximum atomic E-state index is 12.8. The largest absolute Gasteiger partial charge is 0.487 e. The molecule has 0 bridgehead atoms. The third kappa shape index (κ3) is 4.12. The van der Waals surface area contributed by atoms with Gasteiger partial charge < -0.3 is 9.47 Å². The SMILES string of the molecule is CCOC(=O)C1(c2ccc(OCc3ccc4ccccc4n3)cc2)CCCCC1. The molecular weight excluding hydrogens is 362 g/mol. The predicted molar refractivity (Wildman–Crippen MR) is 114 cm³/mol. The minimum Gasteiger partial charge on any atom is -0.487 e. The Morgan fingerprint density at radius 2 is 1.72 bits per heavy atom. The summed E-state index contributed by atoms with van der Waals surface area (Å²) in [6.45, 7) is 2.69. The van der Waals surface area contributed by atoms with Gasteiger partial charge in [-0.05, 0) is 49.6 Å². The Kier molecular flexibility index (Phi) is 5.79. The van der Waals surface area contributed by atoms with Gasteiger partial charge in [0.25, 0.3) is 0 Å². The Balaban J connectivity index is 1.48. The summed E-state index contributed by atoms with van der Waals surface area (Å²) in [7, 11) is 0. The number of esters is 1. The van der Waals surface area contributed by atoms with E-state index in [9.17, 15) is 4.79 Å². The number of benzene rings is 2. The van der Waals surface area contributed by atoms with Crippen molar-refractivity contribution in [3.8, 4) is 5.75 Å². The number of ether oxygens (including phenoxy) is 2. The standard InChI is InChI=1S/C25H27NO3/c1-2-28-24(27)25(16-6-3-7-17-25)20-11-14-22(15-12-20)29-18-21-13-10-19-8-4-5-9-23(19)26-21/h4-5,8-15H,2-3,6-7,16-18H2,1H3. The van der Waals surface area contributed by atoms with Gasteiger partial charge >= 0.3 is 5.97 Å². The van der Waals surface area contributed by atoms with Gasteiger partial charge in [-0.2, -0.15) is 0 Å². The molecule has 0 aliphatic heterocycles. The molecule has 1 aromatic heterocycles. The van der Waals surface area contributed by atoms with Crippen LogP contribution in [0, 0.1) is 0 Å². The van der Waals surface area contributed by atoms with Crippen LogP contribution in [0.3, 0.4) is 0 Å². The lowest BCUT2D eigenvalue weighted by molar-refractivity contribution is -0.151. The highest BCUT2D eigenvalue weighted by atomic mass is 16.5. The summed E-state index contributed by atoms with van der Waals surface area (Å²) in [6, 6.07) is 20.1. The van der Waals surface area contributed by atoms with Crippen LogP contribution < -0.4 is 4.74 Å². The third-order valence-electron chi connectivity index (χ3n) is 5.82. The molecule has 3 aromatic rings. The molecule has 1 aliphatic carbocycles. The van der Waals surface area contributed by atoms with Crippen molar-refractivity contribution in [2.45, 2.75) is 51.0 Å². The second-order valence-corrected chi connectivity index (χ2v) is 7.67. The van der Waals surface area contributed by atoms with E-state index in [0.29, 0.717) is 13.2 Å². The van der Waals surface area contributed by atoms with Gasteiger partial charge in [0.15, 0.2) is 0 Å². The van der Waals surface area contributed by atoms with Gasteiger partial charge in [0.05, 0.1) is 23.2 Å². The van der Waals surface area contributed by atoms with Crippen LogP contribution in [0.25, 0.3) is 10.9 Å². The van der Waals surface area contributed by atoms with E-state index in [0.717, 1.165) is 53.6 Å². The molecule has 4 rings (SSSR count). The number of hydrogen-bond donors (Lipinski definition) is 0. The highest BCUT2D eigenvalue weighted by molar-refractivity contribution is 5.83. The number of aromatic nitrogens is 1. The quantitative estimate of drug-likeness (QED) is 0.517. The van der Waals surface area contributed by atoms with Crippen LogP contribution >= 0.6 is 0 Å². The zero-order valence-electron chi connectivity index (χ0n) is 16.9. The number of carbonyl (C=O) groups is 1. The average Bonchev–Trinajstić information content (AvgIpc) is 2.78. The first-order valence-corrected chi connectivity index (χ1v) is 10.5. The monoisotopic (exact) mass is 389 g/mol. The minimum absolute atomic E-state index is 0.0891. The highest BCUT2D eigenvalue weighted by Crippen LogP contribution is 2.41. The topological polar surface area (TPSA) is 48.4 Å². The molecular formula is C25H27NO3. The molecule has 1 saturated carbocycles. The number of carbonyl (C=O) groups excluding carboxylic acids is 1. The average molecular weight is 389 g/mol. The van der Waals surface area contributed by atoms with E-state index in [1.807, 2.05) is 55.5 Å². The fourth-order valence-electron chi connectivity index (χ4n) is 4.25. The first-order chi connectivity index (χ1) is 14.2. The third-order valence-corrected chi connectivity index (χ3v) is 5.82. The van der Waals surface area contributed by atoms with Crippen LogP contribution in [0.5, 0.6) is 5.75 Å². The van der Waals surface area contributed by atoms with Crippen molar-refractivity contribution in [1.29, 1.82) is 0 Å². The Hall–Kier alpha value is -2.88. The number of fused-ring (bicyclic) bond motifs is 1. The second-order valence-electron chi connectivity index (χ2n) is 7.67. The molecule has 4 nitrogen and oxygen atoms in total. The van der Waals surface area contributed by atoms with Gasteiger partial charge in [0, 0.05) is 5.39 Å². The number of rotatable bonds is 6. The number of nitrogens with zero attached hydrogens (tertiary/aromatic N) is 1. The van der Waals surface area contributed by atoms with Gasteiger partial charge in [0.1, 0.15) is 12.4 Å². The number of hydrogen-bond acceptors (Lipinski definition) is 4.